The molecule has 3 rings (SSSR count). The van der Waals surface area contributed by atoms with Gasteiger partial charge in [-0.2, -0.15) is 5.26 Å². The van der Waals surface area contributed by atoms with Gasteiger partial charge in [0.2, 0.25) is 5.91 Å². The van der Waals surface area contributed by atoms with E-state index in [9.17, 15) is 9.59 Å². The van der Waals surface area contributed by atoms with Crippen molar-refractivity contribution in [3.63, 3.8) is 0 Å². The minimum Gasteiger partial charge on any atom is -0.456 e. The van der Waals surface area contributed by atoms with E-state index >= 15 is 0 Å². The van der Waals surface area contributed by atoms with Crippen molar-refractivity contribution in [1.29, 1.82) is 5.26 Å². The summed E-state index contributed by atoms with van der Waals surface area (Å²) in [7, 11) is 0. The molecule has 28 heavy (non-hydrogen) atoms. The smallest absolute Gasteiger partial charge is 0.338 e. The third kappa shape index (κ3) is 5.16. The van der Waals surface area contributed by atoms with E-state index in [-0.39, 0.29) is 13.0 Å². The number of nitriles is 1. The zero-order chi connectivity index (χ0) is 19.9. The number of hydrogen-bond acceptors (Lipinski definition) is 6. The summed E-state index contributed by atoms with van der Waals surface area (Å²) in [4.78, 5) is 28.0. The zero-order valence-electron chi connectivity index (χ0n) is 14.5. The van der Waals surface area contributed by atoms with E-state index in [1.807, 2.05) is 17.5 Å². The van der Waals surface area contributed by atoms with Crippen LogP contribution in [0.25, 0.3) is 10.6 Å². The van der Waals surface area contributed by atoms with Crippen LogP contribution in [0.4, 0.5) is 5.69 Å². The highest BCUT2D eigenvalue weighted by atomic mass is 35.5. The molecule has 0 unspecified atom stereocenters. The second kappa shape index (κ2) is 9.13. The number of carbonyl (C=O) groups excluding carboxylic acids is 2. The van der Waals surface area contributed by atoms with Gasteiger partial charge in [0.05, 0.1) is 17.3 Å². The molecule has 3 aromatic rings. The zero-order valence-corrected chi connectivity index (χ0v) is 16.1. The Morgan fingerprint density at radius 2 is 1.86 bits per heavy atom. The largest absolute Gasteiger partial charge is 0.456 e. The third-order valence-corrected chi connectivity index (χ3v) is 4.83. The Morgan fingerprint density at radius 3 is 2.54 bits per heavy atom. The Labute approximate surface area is 170 Å². The Hall–Kier alpha value is -3.21. The lowest BCUT2D eigenvalue weighted by Gasteiger charge is -2.05. The Kier molecular flexibility index (Phi) is 6.37. The molecule has 0 saturated carbocycles. The number of ether oxygens (including phenoxy) is 1. The van der Waals surface area contributed by atoms with Gasteiger partial charge >= 0.3 is 5.97 Å². The van der Waals surface area contributed by atoms with Crippen molar-refractivity contribution in [1.82, 2.24) is 4.98 Å². The van der Waals surface area contributed by atoms with Crippen LogP contribution in [-0.2, 0) is 16.1 Å². The molecule has 0 radical (unpaired) electrons. The number of anilines is 1. The van der Waals surface area contributed by atoms with Crippen molar-refractivity contribution in [2.45, 2.75) is 13.0 Å². The number of hydrogen-bond donors (Lipinski definition) is 1. The number of nitrogens with zero attached hydrogens (tertiary/aromatic N) is 2. The van der Waals surface area contributed by atoms with Crippen molar-refractivity contribution in [2.75, 3.05) is 5.32 Å². The SMILES string of the molecule is N#CCC(=O)Nc1ccc(C(=O)OCc2csc(-c3ccc(Cl)cc3)n2)cc1. The summed E-state index contributed by atoms with van der Waals surface area (Å²) < 4.78 is 5.30. The van der Waals surface area contributed by atoms with Gasteiger partial charge in [-0.1, -0.05) is 23.7 Å². The molecule has 2 aromatic carbocycles. The van der Waals surface area contributed by atoms with Gasteiger partial charge in [-0.25, -0.2) is 9.78 Å². The van der Waals surface area contributed by atoms with E-state index < -0.39 is 11.9 Å². The summed E-state index contributed by atoms with van der Waals surface area (Å²) in [6.07, 6.45) is -0.227. The number of halogens is 1. The van der Waals surface area contributed by atoms with E-state index in [1.165, 1.54) is 11.3 Å². The summed E-state index contributed by atoms with van der Waals surface area (Å²) in [5.41, 5.74) is 2.46. The van der Waals surface area contributed by atoms with Gasteiger partial charge in [-0.3, -0.25) is 4.79 Å². The molecule has 140 valence electrons. The first-order valence-electron chi connectivity index (χ1n) is 8.19. The molecular formula is C20H14ClN3O3S. The lowest BCUT2D eigenvalue weighted by atomic mass is 10.2. The van der Waals surface area contributed by atoms with Crippen LogP contribution in [0.15, 0.2) is 53.9 Å². The number of carbonyl (C=O) groups is 2. The van der Waals surface area contributed by atoms with Gasteiger partial charge in [0.1, 0.15) is 18.0 Å². The second-order valence-corrected chi connectivity index (χ2v) is 6.98. The van der Waals surface area contributed by atoms with Crippen LogP contribution in [0.2, 0.25) is 5.02 Å². The van der Waals surface area contributed by atoms with Crippen LogP contribution in [-0.4, -0.2) is 16.9 Å². The van der Waals surface area contributed by atoms with Crippen molar-refractivity contribution in [3.05, 3.63) is 70.2 Å². The molecule has 1 heterocycles. The molecule has 0 aliphatic rings. The van der Waals surface area contributed by atoms with Gasteiger partial charge < -0.3 is 10.1 Å². The minimum atomic E-state index is -0.490. The first-order valence-corrected chi connectivity index (χ1v) is 9.45. The molecule has 8 heteroatoms. The number of esters is 1. The topological polar surface area (TPSA) is 92.1 Å². The highest BCUT2D eigenvalue weighted by Crippen LogP contribution is 2.25. The first kappa shape index (κ1) is 19.5. The molecule has 0 spiro atoms. The van der Waals surface area contributed by atoms with Gasteiger partial charge in [-0.15, -0.1) is 11.3 Å². The lowest BCUT2D eigenvalue weighted by Crippen LogP contribution is -2.10. The van der Waals surface area contributed by atoms with Crippen LogP contribution >= 0.6 is 22.9 Å². The van der Waals surface area contributed by atoms with Crippen molar-refractivity contribution in [3.8, 4) is 16.6 Å². The molecule has 1 N–H and O–H groups in total. The van der Waals surface area contributed by atoms with Gasteiger partial charge in [0, 0.05) is 21.7 Å². The van der Waals surface area contributed by atoms with Crippen LogP contribution in [0.1, 0.15) is 22.5 Å². The quantitative estimate of drug-likeness (QED) is 0.595. The molecule has 6 nitrogen and oxygen atoms in total. The summed E-state index contributed by atoms with van der Waals surface area (Å²) in [6.45, 7) is 0.0591. The Balaban J connectivity index is 1.56. The van der Waals surface area contributed by atoms with Gasteiger partial charge in [0.25, 0.3) is 0 Å². The molecule has 0 aliphatic heterocycles. The van der Waals surface area contributed by atoms with E-state index in [2.05, 4.69) is 10.3 Å². The molecule has 0 bridgehead atoms. The lowest BCUT2D eigenvalue weighted by molar-refractivity contribution is -0.115. The second-order valence-electron chi connectivity index (χ2n) is 5.69. The fourth-order valence-electron chi connectivity index (χ4n) is 2.29. The Bertz CT molecular complexity index is 1020. The van der Waals surface area contributed by atoms with Gasteiger partial charge in [-0.05, 0) is 36.4 Å². The molecule has 0 fully saturated rings. The number of aromatic nitrogens is 1. The molecule has 1 amide bonds. The maximum absolute atomic E-state index is 12.2. The third-order valence-electron chi connectivity index (χ3n) is 3.64. The molecule has 0 atom stereocenters. The van der Waals surface area contributed by atoms with Crippen LogP contribution in [0, 0.1) is 11.3 Å². The highest BCUT2D eigenvalue weighted by molar-refractivity contribution is 7.13. The predicted molar refractivity (Wildman–Crippen MR) is 107 cm³/mol. The predicted octanol–water partition coefficient (Wildman–Crippen LogP) is 4.67. The van der Waals surface area contributed by atoms with Crippen LogP contribution in [0.3, 0.4) is 0 Å². The molecule has 1 aromatic heterocycles. The maximum Gasteiger partial charge on any atom is 0.338 e. The normalized spacial score (nSPS) is 10.1. The van der Waals surface area contributed by atoms with E-state index in [4.69, 9.17) is 21.6 Å². The first-order chi connectivity index (χ1) is 13.5. The van der Waals surface area contributed by atoms with E-state index in [0.717, 1.165) is 10.6 Å². The molecule has 0 aliphatic carbocycles. The van der Waals surface area contributed by atoms with E-state index in [1.54, 1.807) is 42.5 Å². The van der Waals surface area contributed by atoms with Crippen molar-refractivity contribution >= 4 is 40.5 Å². The molecular weight excluding hydrogens is 398 g/mol. The maximum atomic E-state index is 12.2. The standard InChI is InChI=1S/C20H14ClN3O3S/c21-15-5-1-13(2-6-15)19-24-17(12-28-19)11-27-20(26)14-3-7-16(8-4-14)23-18(25)9-10-22/h1-8,12H,9,11H2,(H,23,25). The van der Waals surface area contributed by atoms with Crippen LogP contribution in [0.5, 0.6) is 0 Å². The van der Waals surface area contributed by atoms with Crippen LogP contribution < -0.4 is 5.32 Å². The average Bonchev–Trinajstić information content (AvgIpc) is 3.16. The number of nitrogens with one attached hydrogen (secondary N) is 1. The van der Waals surface area contributed by atoms with E-state index in [0.29, 0.717) is 22.0 Å². The summed E-state index contributed by atoms with van der Waals surface area (Å²) >= 11 is 7.35. The van der Waals surface area contributed by atoms with Crippen molar-refractivity contribution in [2.24, 2.45) is 0 Å². The fourth-order valence-corrected chi connectivity index (χ4v) is 3.22. The summed E-state index contributed by atoms with van der Waals surface area (Å²) in [6, 6.07) is 15.4. The summed E-state index contributed by atoms with van der Waals surface area (Å²) in [5.74, 6) is -0.895. The molecule has 0 saturated heterocycles. The van der Waals surface area contributed by atoms with Crippen molar-refractivity contribution < 1.29 is 14.3 Å². The number of rotatable bonds is 6. The minimum absolute atomic E-state index is 0.0591. The Morgan fingerprint density at radius 1 is 1.14 bits per heavy atom. The summed E-state index contributed by atoms with van der Waals surface area (Å²) in [5, 5.41) is 14.4. The number of amides is 1. The highest BCUT2D eigenvalue weighted by Gasteiger charge is 2.11. The number of thiazole rings is 1. The van der Waals surface area contributed by atoms with Gasteiger partial charge in [0.15, 0.2) is 0 Å². The monoisotopic (exact) mass is 411 g/mol. The number of benzene rings is 2. The average molecular weight is 412 g/mol. The fraction of sp³-hybridized carbons (Fsp3) is 0.100.